The molecule has 1 atom stereocenters. The van der Waals surface area contributed by atoms with E-state index in [1.54, 1.807) is 18.2 Å². The quantitative estimate of drug-likeness (QED) is 0.524. The zero-order valence-corrected chi connectivity index (χ0v) is 19.4. The van der Waals surface area contributed by atoms with Gasteiger partial charge in [-0.1, -0.05) is 18.9 Å². The number of amides is 3. The molecular formula is C26H29N3O5. The molecule has 0 saturated heterocycles. The van der Waals surface area contributed by atoms with Gasteiger partial charge in [-0.05, 0) is 74.2 Å². The van der Waals surface area contributed by atoms with Crippen molar-refractivity contribution in [2.75, 3.05) is 11.4 Å². The fourth-order valence-corrected chi connectivity index (χ4v) is 4.43. The Kier molecular flexibility index (Phi) is 7.15. The van der Waals surface area contributed by atoms with Crippen molar-refractivity contribution in [3.63, 3.8) is 0 Å². The van der Waals surface area contributed by atoms with E-state index >= 15 is 0 Å². The number of rotatable bonds is 8. The van der Waals surface area contributed by atoms with E-state index in [1.165, 1.54) is 23.5 Å². The average molecular weight is 464 g/mol. The Balaban J connectivity index is 1.67. The van der Waals surface area contributed by atoms with Crippen LogP contribution in [0.5, 0.6) is 0 Å². The van der Waals surface area contributed by atoms with Crippen molar-refractivity contribution in [2.45, 2.75) is 51.6 Å². The first-order valence-corrected chi connectivity index (χ1v) is 11.5. The maximum Gasteiger partial charge on any atom is 0.287 e. The maximum absolute atomic E-state index is 13.6. The summed E-state index contributed by atoms with van der Waals surface area (Å²) in [4.78, 5) is 40.9. The molecule has 1 aromatic carbocycles. The summed E-state index contributed by atoms with van der Waals surface area (Å²) in [6.07, 6.45) is 6.82. The van der Waals surface area contributed by atoms with Crippen LogP contribution in [-0.4, -0.2) is 30.3 Å². The van der Waals surface area contributed by atoms with Gasteiger partial charge in [0.15, 0.2) is 11.8 Å². The molecule has 178 valence electrons. The molecule has 1 aliphatic rings. The molecule has 0 aliphatic heterocycles. The number of hydrogen-bond acceptors (Lipinski definition) is 5. The molecule has 1 unspecified atom stereocenters. The van der Waals surface area contributed by atoms with Gasteiger partial charge >= 0.3 is 0 Å². The van der Waals surface area contributed by atoms with Crippen molar-refractivity contribution in [1.82, 2.24) is 10.6 Å². The van der Waals surface area contributed by atoms with Crippen molar-refractivity contribution < 1.29 is 23.2 Å². The summed E-state index contributed by atoms with van der Waals surface area (Å²) in [6.45, 7) is 3.54. The van der Waals surface area contributed by atoms with Crippen molar-refractivity contribution in [3.8, 4) is 0 Å². The smallest absolute Gasteiger partial charge is 0.287 e. The Hall–Kier alpha value is -3.81. The first-order valence-electron chi connectivity index (χ1n) is 11.5. The standard InChI is InChI=1S/C26H29N3O5/c1-17-13-18(2)15-20(14-17)29(23(30)16-27-25(31)22-10-6-12-34-22)24(21-9-5-11-33-21)26(32)28-19-7-3-4-8-19/h5-6,9-15,19,24H,3-4,7-8,16H2,1-2H3,(H,27,31)(H,28,32). The van der Waals surface area contributed by atoms with Crippen LogP contribution in [0, 0.1) is 13.8 Å². The molecule has 3 amide bonds. The van der Waals surface area contributed by atoms with Crippen LogP contribution in [0.1, 0.15) is 59.2 Å². The van der Waals surface area contributed by atoms with Crippen LogP contribution in [0.4, 0.5) is 5.69 Å². The molecule has 34 heavy (non-hydrogen) atoms. The zero-order chi connectivity index (χ0) is 24.1. The van der Waals surface area contributed by atoms with Crippen LogP contribution >= 0.6 is 0 Å². The van der Waals surface area contributed by atoms with Crippen molar-refractivity contribution in [1.29, 1.82) is 0 Å². The van der Waals surface area contributed by atoms with Crippen molar-refractivity contribution >= 4 is 23.4 Å². The second-order valence-corrected chi connectivity index (χ2v) is 8.68. The number of carbonyl (C=O) groups excluding carboxylic acids is 3. The van der Waals surface area contributed by atoms with E-state index in [9.17, 15) is 14.4 Å². The van der Waals surface area contributed by atoms with Gasteiger partial charge in [-0.25, -0.2) is 0 Å². The second kappa shape index (κ2) is 10.4. The summed E-state index contributed by atoms with van der Waals surface area (Å²) in [5.41, 5.74) is 2.45. The van der Waals surface area contributed by atoms with Crippen LogP contribution in [0.25, 0.3) is 0 Å². The molecular weight excluding hydrogens is 434 g/mol. The van der Waals surface area contributed by atoms with Crippen LogP contribution in [0.3, 0.4) is 0 Å². The monoisotopic (exact) mass is 463 g/mol. The minimum absolute atomic E-state index is 0.0693. The molecule has 0 bridgehead atoms. The lowest BCUT2D eigenvalue weighted by Crippen LogP contribution is -2.49. The molecule has 8 nitrogen and oxygen atoms in total. The van der Waals surface area contributed by atoms with Gasteiger partial charge in [0, 0.05) is 11.7 Å². The van der Waals surface area contributed by atoms with Gasteiger partial charge in [0.05, 0.1) is 19.1 Å². The number of hydrogen-bond donors (Lipinski definition) is 2. The Morgan fingerprint density at radius 1 is 1.00 bits per heavy atom. The topological polar surface area (TPSA) is 105 Å². The van der Waals surface area contributed by atoms with Crippen LogP contribution in [-0.2, 0) is 9.59 Å². The third kappa shape index (κ3) is 5.39. The summed E-state index contributed by atoms with van der Waals surface area (Å²) in [7, 11) is 0. The number of anilines is 1. The zero-order valence-electron chi connectivity index (χ0n) is 19.4. The van der Waals surface area contributed by atoms with E-state index in [4.69, 9.17) is 8.83 Å². The fourth-order valence-electron chi connectivity index (χ4n) is 4.43. The highest BCUT2D eigenvalue weighted by molar-refractivity contribution is 6.04. The van der Waals surface area contributed by atoms with Gasteiger partial charge in [-0.2, -0.15) is 0 Å². The average Bonchev–Trinajstić information content (AvgIpc) is 3.58. The van der Waals surface area contributed by atoms with Gasteiger partial charge in [-0.3, -0.25) is 19.3 Å². The van der Waals surface area contributed by atoms with E-state index < -0.39 is 17.9 Å². The van der Waals surface area contributed by atoms with E-state index in [0.29, 0.717) is 11.4 Å². The van der Waals surface area contributed by atoms with Crippen LogP contribution < -0.4 is 15.5 Å². The van der Waals surface area contributed by atoms with E-state index in [0.717, 1.165) is 36.8 Å². The van der Waals surface area contributed by atoms with Crippen molar-refractivity contribution in [3.05, 3.63) is 77.6 Å². The molecule has 2 heterocycles. The lowest BCUT2D eigenvalue weighted by molar-refractivity contribution is -0.127. The SMILES string of the molecule is Cc1cc(C)cc(N(C(=O)CNC(=O)c2ccco2)C(C(=O)NC2CCCC2)c2ccco2)c1. The molecule has 1 fully saturated rings. The molecule has 0 spiro atoms. The van der Waals surface area contributed by atoms with E-state index in [-0.39, 0.29) is 24.3 Å². The number of nitrogens with zero attached hydrogens (tertiary/aromatic N) is 1. The Bertz CT molecular complexity index is 1110. The molecule has 1 aliphatic carbocycles. The molecule has 3 aromatic rings. The lowest BCUT2D eigenvalue weighted by atomic mass is 10.1. The Morgan fingerprint density at radius 3 is 2.29 bits per heavy atom. The third-order valence-electron chi connectivity index (χ3n) is 5.92. The number of carbonyl (C=O) groups is 3. The second-order valence-electron chi connectivity index (χ2n) is 8.68. The lowest BCUT2D eigenvalue weighted by Gasteiger charge is -2.31. The summed E-state index contributed by atoms with van der Waals surface area (Å²) in [6, 6.07) is 11.2. The van der Waals surface area contributed by atoms with E-state index in [2.05, 4.69) is 10.6 Å². The number of furan rings is 2. The largest absolute Gasteiger partial charge is 0.467 e. The fraction of sp³-hybridized carbons (Fsp3) is 0.346. The Labute approximate surface area is 198 Å². The maximum atomic E-state index is 13.6. The van der Waals surface area contributed by atoms with Crippen LogP contribution in [0.15, 0.2) is 63.8 Å². The Morgan fingerprint density at radius 2 is 1.68 bits per heavy atom. The molecule has 1 saturated carbocycles. The molecule has 4 rings (SSSR count). The van der Waals surface area contributed by atoms with Crippen molar-refractivity contribution in [2.24, 2.45) is 0 Å². The van der Waals surface area contributed by atoms with Gasteiger partial charge in [-0.15, -0.1) is 0 Å². The first kappa shape index (κ1) is 23.4. The third-order valence-corrected chi connectivity index (χ3v) is 5.92. The highest BCUT2D eigenvalue weighted by atomic mass is 16.3. The predicted molar refractivity (Wildman–Crippen MR) is 126 cm³/mol. The molecule has 0 radical (unpaired) electrons. The van der Waals surface area contributed by atoms with Gasteiger partial charge in [0.2, 0.25) is 5.91 Å². The summed E-state index contributed by atoms with van der Waals surface area (Å²) in [5, 5.41) is 5.68. The molecule has 2 N–H and O–H groups in total. The molecule has 8 heteroatoms. The van der Waals surface area contributed by atoms with Crippen LogP contribution in [0.2, 0.25) is 0 Å². The summed E-state index contributed by atoms with van der Waals surface area (Å²) < 4.78 is 10.7. The van der Waals surface area contributed by atoms with Gasteiger partial charge < -0.3 is 19.5 Å². The number of nitrogens with one attached hydrogen (secondary N) is 2. The normalized spacial score (nSPS) is 14.5. The summed E-state index contributed by atoms with van der Waals surface area (Å²) >= 11 is 0. The molecule has 2 aromatic heterocycles. The van der Waals surface area contributed by atoms with Gasteiger partial charge in [0.25, 0.3) is 11.8 Å². The predicted octanol–water partition coefficient (Wildman–Crippen LogP) is 4.05. The number of aryl methyl sites for hydroxylation is 2. The minimum atomic E-state index is -1.02. The van der Waals surface area contributed by atoms with Gasteiger partial charge in [0.1, 0.15) is 5.76 Å². The highest BCUT2D eigenvalue weighted by Gasteiger charge is 2.36. The minimum Gasteiger partial charge on any atom is -0.467 e. The highest BCUT2D eigenvalue weighted by Crippen LogP contribution is 2.31. The first-order chi connectivity index (χ1) is 16.4. The number of benzene rings is 1. The summed E-state index contributed by atoms with van der Waals surface area (Å²) in [5.74, 6) is -0.823. The van der Waals surface area contributed by atoms with E-state index in [1.807, 2.05) is 32.0 Å².